The number of rotatable bonds is 2. The van der Waals surface area contributed by atoms with Gasteiger partial charge in [-0.15, -0.1) is 0 Å². The van der Waals surface area contributed by atoms with Crippen molar-refractivity contribution in [3.8, 4) is 6.07 Å². The lowest BCUT2D eigenvalue weighted by Gasteiger charge is -2.57. The summed E-state index contributed by atoms with van der Waals surface area (Å²) < 4.78 is 50.4. The number of nitrogens with zero attached hydrogens (tertiary/aromatic N) is 1. The molecule has 106 valence electrons. The van der Waals surface area contributed by atoms with E-state index in [0.717, 1.165) is 31.4 Å². The molecule has 2 aliphatic carbocycles. The molecule has 3 nitrogen and oxygen atoms in total. The first kappa shape index (κ1) is 13.5. The average Bonchev–Trinajstić information content (AvgIpc) is 2.29. The van der Waals surface area contributed by atoms with Crippen LogP contribution in [-0.4, -0.2) is 13.2 Å². The van der Waals surface area contributed by atoms with E-state index in [1.54, 1.807) is 0 Å². The van der Waals surface area contributed by atoms with Crippen LogP contribution in [0.3, 0.4) is 0 Å². The van der Waals surface area contributed by atoms with Gasteiger partial charge in [0, 0.05) is 0 Å². The van der Waals surface area contributed by atoms with Crippen LogP contribution in [0.2, 0.25) is 0 Å². The molecule has 0 unspecified atom stereocenters. The van der Waals surface area contributed by atoms with Gasteiger partial charge in [-0.25, -0.2) is 17.2 Å². The second kappa shape index (κ2) is 4.01. The first-order valence-electron chi connectivity index (χ1n) is 6.45. The quantitative estimate of drug-likeness (QED) is 0.843. The van der Waals surface area contributed by atoms with Crippen LogP contribution in [0.5, 0.6) is 0 Å². The van der Waals surface area contributed by atoms with E-state index in [1.807, 2.05) is 6.07 Å². The van der Waals surface area contributed by atoms with Gasteiger partial charge in [-0.2, -0.15) is 5.26 Å². The Morgan fingerprint density at radius 3 is 2.35 bits per heavy atom. The zero-order valence-electron chi connectivity index (χ0n) is 10.7. The van der Waals surface area contributed by atoms with Crippen LogP contribution < -0.4 is 0 Å². The Balaban J connectivity index is 2.03. The fraction of sp³-hybridized carbons (Fsp3) is 0.500. The topological polar surface area (TPSA) is 57.9 Å². The highest BCUT2D eigenvalue weighted by molar-refractivity contribution is 7.93. The Kier molecular flexibility index (Phi) is 2.71. The van der Waals surface area contributed by atoms with Crippen molar-refractivity contribution in [1.29, 1.82) is 5.26 Å². The van der Waals surface area contributed by atoms with Gasteiger partial charge in [-0.3, -0.25) is 0 Å². The minimum absolute atomic E-state index is 0.0629. The third kappa shape index (κ3) is 1.62. The summed E-state index contributed by atoms with van der Waals surface area (Å²) in [7, 11) is -4.19. The molecular weight excluding hydrogens is 284 g/mol. The highest BCUT2D eigenvalue weighted by Gasteiger charge is 2.64. The number of sulfone groups is 1. The zero-order chi connectivity index (χ0) is 14.6. The largest absolute Gasteiger partial charge is 0.222 e. The average molecular weight is 297 g/mol. The van der Waals surface area contributed by atoms with Crippen molar-refractivity contribution in [2.75, 3.05) is 0 Å². The van der Waals surface area contributed by atoms with Crippen LogP contribution in [0, 0.1) is 28.4 Å². The van der Waals surface area contributed by atoms with E-state index in [9.17, 15) is 22.5 Å². The van der Waals surface area contributed by atoms with E-state index in [0.29, 0.717) is 6.07 Å². The van der Waals surface area contributed by atoms with Gasteiger partial charge in [0.2, 0.25) is 0 Å². The standard InChI is InChI=1S/C14H13F2NO2S/c15-10-2-3-11(16)12(6-10)20(18,19)14(9-17)7-13(8-14)4-1-5-13/h2-3,6H,1,4-5,7-8H2. The Morgan fingerprint density at radius 1 is 1.20 bits per heavy atom. The number of hydrogen-bond donors (Lipinski definition) is 0. The van der Waals surface area contributed by atoms with E-state index in [1.165, 1.54) is 0 Å². The molecule has 0 bridgehead atoms. The van der Waals surface area contributed by atoms with Gasteiger partial charge >= 0.3 is 0 Å². The van der Waals surface area contributed by atoms with Gasteiger partial charge in [0.05, 0.1) is 6.07 Å². The van der Waals surface area contributed by atoms with Crippen LogP contribution in [0.1, 0.15) is 32.1 Å². The number of benzene rings is 1. The summed E-state index contributed by atoms with van der Waals surface area (Å²) in [6.07, 6.45) is 3.33. The summed E-state index contributed by atoms with van der Waals surface area (Å²) >= 11 is 0. The number of hydrogen-bond acceptors (Lipinski definition) is 3. The lowest BCUT2D eigenvalue weighted by Crippen LogP contribution is -2.58. The zero-order valence-corrected chi connectivity index (χ0v) is 11.5. The van der Waals surface area contributed by atoms with Crippen LogP contribution in [0.4, 0.5) is 8.78 Å². The predicted molar refractivity (Wildman–Crippen MR) is 67.4 cm³/mol. The van der Waals surface area contributed by atoms with Crippen molar-refractivity contribution < 1.29 is 17.2 Å². The molecule has 0 atom stereocenters. The van der Waals surface area contributed by atoms with Crippen molar-refractivity contribution in [2.45, 2.75) is 41.7 Å². The molecule has 0 aliphatic heterocycles. The van der Waals surface area contributed by atoms with Crippen molar-refractivity contribution in [1.82, 2.24) is 0 Å². The molecule has 0 radical (unpaired) electrons. The third-order valence-corrected chi connectivity index (χ3v) is 6.94. The molecule has 3 rings (SSSR count). The normalized spacial score (nSPS) is 22.6. The summed E-state index contributed by atoms with van der Waals surface area (Å²) in [4.78, 5) is -0.701. The Labute approximate surface area is 116 Å². The third-order valence-electron chi connectivity index (χ3n) is 4.64. The molecule has 2 aliphatic rings. The molecule has 1 aromatic carbocycles. The van der Waals surface area contributed by atoms with E-state index in [-0.39, 0.29) is 18.3 Å². The fourth-order valence-corrected chi connectivity index (χ4v) is 5.54. The van der Waals surface area contributed by atoms with Gasteiger partial charge in [-0.05, 0) is 49.3 Å². The van der Waals surface area contributed by atoms with Gasteiger partial charge in [0.25, 0.3) is 0 Å². The van der Waals surface area contributed by atoms with E-state index >= 15 is 0 Å². The van der Waals surface area contributed by atoms with Crippen molar-refractivity contribution in [3.63, 3.8) is 0 Å². The summed E-state index contributed by atoms with van der Waals surface area (Å²) in [6, 6.07) is 4.15. The van der Waals surface area contributed by atoms with Crippen molar-refractivity contribution in [3.05, 3.63) is 29.8 Å². The first-order chi connectivity index (χ1) is 9.34. The molecule has 0 N–H and O–H groups in total. The molecule has 1 spiro atoms. The van der Waals surface area contributed by atoms with Crippen LogP contribution >= 0.6 is 0 Å². The number of nitriles is 1. The van der Waals surface area contributed by atoms with E-state index in [2.05, 4.69) is 0 Å². The minimum Gasteiger partial charge on any atom is -0.222 e. The predicted octanol–water partition coefficient (Wildman–Crippen LogP) is 2.96. The van der Waals surface area contributed by atoms with E-state index < -0.39 is 31.1 Å². The van der Waals surface area contributed by atoms with Gasteiger partial charge in [0.1, 0.15) is 16.5 Å². The molecular formula is C14H13F2NO2S. The summed E-state index contributed by atoms with van der Waals surface area (Å²) in [5, 5.41) is 9.30. The van der Waals surface area contributed by atoms with Crippen molar-refractivity contribution in [2.24, 2.45) is 5.41 Å². The highest BCUT2D eigenvalue weighted by atomic mass is 32.2. The Morgan fingerprint density at radius 2 is 1.85 bits per heavy atom. The Hall–Kier alpha value is -1.48. The lowest BCUT2D eigenvalue weighted by atomic mass is 9.52. The molecule has 2 fully saturated rings. The molecule has 1 aromatic rings. The second-order valence-electron chi connectivity index (χ2n) is 5.89. The maximum Gasteiger partial charge on any atom is 0.200 e. The molecule has 0 saturated heterocycles. The molecule has 0 heterocycles. The molecule has 2 saturated carbocycles. The maximum absolute atomic E-state index is 13.7. The smallest absolute Gasteiger partial charge is 0.200 e. The maximum atomic E-state index is 13.7. The molecule has 20 heavy (non-hydrogen) atoms. The van der Waals surface area contributed by atoms with Crippen molar-refractivity contribution >= 4 is 9.84 Å². The second-order valence-corrected chi connectivity index (χ2v) is 8.12. The summed E-state index contributed by atoms with van der Waals surface area (Å²) in [5.74, 6) is -1.83. The summed E-state index contributed by atoms with van der Waals surface area (Å²) in [5.41, 5.74) is -0.0629. The Bertz CT molecular complexity index is 709. The van der Waals surface area contributed by atoms with E-state index in [4.69, 9.17) is 0 Å². The molecule has 0 amide bonds. The molecule has 0 aromatic heterocycles. The van der Waals surface area contributed by atoms with Crippen LogP contribution in [0.25, 0.3) is 0 Å². The lowest BCUT2D eigenvalue weighted by molar-refractivity contribution is 0.0114. The number of halogens is 2. The minimum atomic E-state index is -4.19. The first-order valence-corrected chi connectivity index (χ1v) is 7.94. The van der Waals surface area contributed by atoms with Gasteiger partial charge in [-0.1, -0.05) is 6.42 Å². The van der Waals surface area contributed by atoms with Gasteiger partial charge in [0.15, 0.2) is 14.6 Å². The van der Waals surface area contributed by atoms with Gasteiger partial charge < -0.3 is 0 Å². The molecule has 6 heteroatoms. The summed E-state index contributed by atoms with van der Waals surface area (Å²) in [6.45, 7) is 0. The monoisotopic (exact) mass is 297 g/mol. The SMILES string of the molecule is N#CC1(S(=O)(=O)c2cc(F)ccc2F)CC2(CCC2)C1. The van der Waals surface area contributed by atoms with Crippen LogP contribution in [0.15, 0.2) is 23.1 Å². The fourth-order valence-electron chi connectivity index (χ4n) is 3.41. The van der Waals surface area contributed by atoms with Crippen LogP contribution in [-0.2, 0) is 9.84 Å². The highest BCUT2D eigenvalue weighted by Crippen LogP contribution is 2.63.